The van der Waals surface area contributed by atoms with E-state index < -0.39 is 11.7 Å². The van der Waals surface area contributed by atoms with Gasteiger partial charge >= 0.3 is 6.18 Å². The topological polar surface area (TPSA) is 0 Å². The van der Waals surface area contributed by atoms with Crippen molar-refractivity contribution in [2.45, 2.75) is 12.1 Å². The van der Waals surface area contributed by atoms with Gasteiger partial charge in [0.1, 0.15) is 0 Å². The van der Waals surface area contributed by atoms with Crippen molar-refractivity contribution in [1.29, 1.82) is 0 Å². The molecule has 2 rings (SSSR count). The lowest BCUT2D eigenvalue weighted by Gasteiger charge is -2.15. The van der Waals surface area contributed by atoms with Gasteiger partial charge in [0.15, 0.2) is 0 Å². The molecule has 0 aliphatic carbocycles. The molecule has 2 aromatic rings. The third-order valence-corrected chi connectivity index (χ3v) is 3.46. The second-order valence-corrected chi connectivity index (χ2v) is 5.31. The molecule has 0 aromatic heterocycles. The lowest BCUT2D eigenvalue weighted by Crippen LogP contribution is -2.08. The summed E-state index contributed by atoms with van der Waals surface area (Å²) < 4.78 is 39.4. The number of alkyl halides is 4. The average molecular weight is 340 g/mol. The Balaban J connectivity index is 2.67. The zero-order valence-corrected chi connectivity index (χ0v) is 12.2. The second-order valence-electron chi connectivity index (χ2n) is 4.17. The molecule has 0 aliphatic heterocycles. The Morgan fingerprint density at radius 2 is 1.50 bits per heavy atom. The molecule has 20 heavy (non-hydrogen) atoms. The summed E-state index contributed by atoms with van der Waals surface area (Å²) in [6.07, 6.45) is -4.48. The summed E-state index contributed by atoms with van der Waals surface area (Å²) in [7, 11) is 0. The fourth-order valence-corrected chi connectivity index (χ4v) is 2.56. The highest BCUT2D eigenvalue weighted by molar-refractivity contribution is 6.35. The lowest BCUT2D eigenvalue weighted by atomic mass is 9.97. The van der Waals surface area contributed by atoms with Crippen LogP contribution in [0.1, 0.15) is 11.1 Å². The molecule has 2 aromatic carbocycles. The molecule has 0 saturated carbocycles. The normalized spacial score (nSPS) is 11.7. The van der Waals surface area contributed by atoms with Gasteiger partial charge in [-0.05, 0) is 41.0 Å². The first-order valence-electron chi connectivity index (χ1n) is 5.54. The van der Waals surface area contributed by atoms with Crippen LogP contribution < -0.4 is 0 Å². The van der Waals surface area contributed by atoms with Crippen molar-refractivity contribution in [2.75, 3.05) is 0 Å². The Morgan fingerprint density at radius 1 is 0.900 bits per heavy atom. The molecule has 0 unspecified atom stereocenters. The minimum atomic E-state index is -4.48. The van der Waals surface area contributed by atoms with E-state index in [1.165, 1.54) is 24.3 Å². The van der Waals surface area contributed by atoms with E-state index >= 15 is 0 Å². The molecule has 0 nitrogen and oxygen atoms in total. The van der Waals surface area contributed by atoms with Gasteiger partial charge in [-0.15, -0.1) is 11.6 Å². The Labute approximate surface area is 129 Å². The monoisotopic (exact) mass is 338 g/mol. The average Bonchev–Trinajstić information content (AvgIpc) is 2.35. The third-order valence-electron chi connectivity index (χ3n) is 2.72. The standard InChI is InChI=1S/C14H8Cl3F3/c15-7-8-1-2-12(13(3-8)14(18,19)20)9-4-10(16)6-11(17)5-9/h1-6H,7H2. The Bertz CT molecular complexity index is 616. The second kappa shape index (κ2) is 5.84. The molecule has 106 valence electrons. The summed E-state index contributed by atoms with van der Waals surface area (Å²) >= 11 is 17.3. The van der Waals surface area contributed by atoms with Gasteiger partial charge in [0, 0.05) is 15.9 Å². The van der Waals surface area contributed by atoms with Crippen LogP contribution in [0.25, 0.3) is 11.1 Å². The lowest BCUT2D eigenvalue weighted by molar-refractivity contribution is -0.137. The largest absolute Gasteiger partial charge is 0.417 e. The van der Waals surface area contributed by atoms with Crippen LogP contribution >= 0.6 is 34.8 Å². The number of hydrogen-bond acceptors (Lipinski definition) is 0. The predicted molar refractivity (Wildman–Crippen MR) is 76.5 cm³/mol. The van der Waals surface area contributed by atoms with Crippen molar-refractivity contribution in [3.63, 3.8) is 0 Å². The van der Waals surface area contributed by atoms with Gasteiger partial charge in [-0.3, -0.25) is 0 Å². The van der Waals surface area contributed by atoms with Gasteiger partial charge in [0.05, 0.1) is 5.56 Å². The highest BCUT2D eigenvalue weighted by Crippen LogP contribution is 2.39. The smallest absolute Gasteiger partial charge is 0.166 e. The first kappa shape index (κ1) is 15.5. The zero-order valence-electron chi connectivity index (χ0n) is 9.94. The van der Waals surface area contributed by atoms with Crippen LogP contribution in [0.2, 0.25) is 10.0 Å². The summed E-state index contributed by atoms with van der Waals surface area (Å²) in [5.41, 5.74) is -0.0171. The molecule has 0 saturated heterocycles. The SMILES string of the molecule is FC(F)(F)c1cc(CCl)ccc1-c1cc(Cl)cc(Cl)c1. The van der Waals surface area contributed by atoms with Crippen molar-refractivity contribution < 1.29 is 13.2 Å². The molecule has 0 heterocycles. The Kier molecular flexibility index (Phi) is 4.52. The van der Waals surface area contributed by atoms with E-state index in [1.807, 2.05) is 0 Å². The van der Waals surface area contributed by atoms with Gasteiger partial charge in [-0.2, -0.15) is 13.2 Å². The molecular weight excluding hydrogens is 332 g/mol. The molecule has 0 spiro atoms. The predicted octanol–water partition coefficient (Wildman–Crippen LogP) is 6.42. The van der Waals surface area contributed by atoms with E-state index in [-0.39, 0.29) is 21.5 Å². The van der Waals surface area contributed by atoms with Gasteiger partial charge in [0.2, 0.25) is 0 Å². The van der Waals surface area contributed by atoms with Crippen molar-refractivity contribution in [3.05, 3.63) is 57.6 Å². The number of hydrogen-bond donors (Lipinski definition) is 0. The maximum Gasteiger partial charge on any atom is 0.417 e. The van der Waals surface area contributed by atoms with Gasteiger partial charge in [-0.1, -0.05) is 35.3 Å². The molecule has 0 fully saturated rings. The summed E-state index contributed by atoms with van der Waals surface area (Å²) in [5, 5.41) is 0.559. The van der Waals surface area contributed by atoms with Crippen molar-refractivity contribution in [1.82, 2.24) is 0 Å². The first-order valence-corrected chi connectivity index (χ1v) is 6.83. The van der Waals surface area contributed by atoms with Gasteiger partial charge in [-0.25, -0.2) is 0 Å². The van der Waals surface area contributed by atoms with Crippen LogP contribution in [-0.2, 0) is 12.1 Å². The van der Waals surface area contributed by atoms with Crippen molar-refractivity contribution in [3.8, 4) is 11.1 Å². The Morgan fingerprint density at radius 3 is 2.00 bits per heavy atom. The van der Waals surface area contributed by atoms with Crippen LogP contribution in [0.5, 0.6) is 0 Å². The molecule has 0 amide bonds. The summed E-state index contributed by atoms with van der Waals surface area (Å²) in [5.74, 6) is 0.0136. The molecular formula is C14H8Cl3F3. The zero-order chi connectivity index (χ0) is 14.9. The van der Waals surface area contributed by atoms with Gasteiger partial charge < -0.3 is 0 Å². The van der Waals surface area contributed by atoms with Crippen molar-refractivity contribution in [2.24, 2.45) is 0 Å². The minimum Gasteiger partial charge on any atom is -0.166 e. The quantitative estimate of drug-likeness (QED) is 0.554. The van der Waals surface area contributed by atoms with Crippen LogP contribution in [0.3, 0.4) is 0 Å². The van der Waals surface area contributed by atoms with E-state index in [1.54, 1.807) is 6.07 Å². The molecule has 6 heteroatoms. The van der Waals surface area contributed by atoms with Gasteiger partial charge in [0.25, 0.3) is 0 Å². The number of halogens is 6. The highest BCUT2D eigenvalue weighted by atomic mass is 35.5. The fourth-order valence-electron chi connectivity index (χ4n) is 1.87. The fraction of sp³-hybridized carbons (Fsp3) is 0.143. The van der Waals surface area contributed by atoms with E-state index in [4.69, 9.17) is 34.8 Å². The molecule has 0 atom stereocenters. The van der Waals surface area contributed by atoms with E-state index in [2.05, 4.69) is 0 Å². The van der Waals surface area contributed by atoms with Crippen molar-refractivity contribution >= 4 is 34.8 Å². The summed E-state index contributed by atoms with van der Waals surface area (Å²) in [4.78, 5) is 0. The van der Waals surface area contributed by atoms with Crippen LogP contribution in [0.15, 0.2) is 36.4 Å². The number of rotatable bonds is 2. The molecule has 0 aliphatic rings. The maximum atomic E-state index is 13.1. The minimum absolute atomic E-state index is 0.0136. The Hall–Kier alpha value is -0.900. The van der Waals surface area contributed by atoms with Crippen LogP contribution in [0.4, 0.5) is 13.2 Å². The summed E-state index contributed by atoms with van der Waals surface area (Å²) in [6.45, 7) is 0. The van der Waals surface area contributed by atoms with E-state index in [0.29, 0.717) is 11.1 Å². The third kappa shape index (κ3) is 3.40. The van der Waals surface area contributed by atoms with Crippen LogP contribution in [0, 0.1) is 0 Å². The highest BCUT2D eigenvalue weighted by Gasteiger charge is 2.34. The van der Waals surface area contributed by atoms with E-state index in [0.717, 1.165) is 6.07 Å². The van der Waals surface area contributed by atoms with E-state index in [9.17, 15) is 13.2 Å². The first-order chi connectivity index (χ1) is 9.31. The number of benzene rings is 2. The molecule has 0 bridgehead atoms. The molecule has 0 N–H and O–H groups in total. The van der Waals surface area contributed by atoms with Crippen LogP contribution in [-0.4, -0.2) is 0 Å². The summed E-state index contributed by atoms with van der Waals surface area (Å²) in [6, 6.07) is 8.32. The molecule has 0 radical (unpaired) electrons. The maximum absolute atomic E-state index is 13.1.